The van der Waals surface area contributed by atoms with Gasteiger partial charge in [0, 0.05) is 24.7 Å². The molecule has 2 heterocycles. The number of aliphatic hydroxyl groups is 2. The monoisotopic (exact) mass is 628 g/mol. The molecule has 2 aromatic carbocycles. The number of nitrogens with two attached hydrogens (primary N) is 1. The maximum absolute atomic E-state index is 13.0. The highest BCUT2D eigenvalue weighted by molar-refractivity contribution is 6.06. The Balaban J connectivity index is 1.62. The molecule has 1 fully saturated rings. The normalized spacial score (nSPS) is 21.6. The Morgan fingerprint density at radius 2 is 1.89 bits per heavy atom. The number of rotatable bonds is 9. The molecule has 0 aliphatic carbocycles. The third kappa shape index (κ3) is 6.73. The fraction of sp³-hybridized carbons (Fsp3) is 0.387. The molecule has 1 aromatic heterocycles. The third-order valence-corrected chi connectivity index (χ3v) is 7.58. The molecule has 2 amide bonds. The first-order valence-corrected chi connectivity index (χ1v) is 13.8. The van der Waals surface area contributed by atoms with Crippen molar-refractivity contribution < 1.29 is 53.4 Å². The number of amides is 2. The second-order valence-electron chi connectivity index (χ2n) is 11.3. The SMILES string of the molecule is C=C(C)C(O)Cc1cc(C(=O)Nc2c(O)c3ccc(OC4OC(C)(C)C(OC)C(OC(N)=O)C4O)c(C)c3oc2=O)ccc1O. The molecule has 0 saturated carbocycles. The summed E-state index contributed by atoms with van der Waals surface area (Å²) in [5.74, 6) is -1.40. The summed E-state index contributed by atoms with van der Waals surface area (Å²) in [4.78, 5) is 37.5. The number of carbonyl (C=O) groups excluding carboxylic acids is 2. The number of aliphatic hydroxyl groups excluding tert-OH is 2. The maximum Gasteiger partial charge on any atom is 0.404 e. The Labute approximate surface area is 257 Å². The number of phenolic OH excluding ortho intramolecular Hbond substituents is 1. The number of aromatic hydroxyl groups is 2. The van der Waals surface area contributed by atoms with Gasteiger partial charge in [-0.1, -0.05) is 12.2 Å². The average Bonchev–Trinajstić information content (AvgIpc) is 2.95. The highest BCUT2D eigenvalue weighted by Gasteiger charge is 2.53. The number of methoxy groups -OCH3 is 1. The number of phenols is 1. The summed E-state index contributed by atoms with van der Waals surface area (Å²) in [6.07, 6.45) is -7.12. The van der Waals surface area contributed by atoms with E-state index in [1.54, 1.807) is 20.8 Å². The van der Waals surface area contributed by atoms with Crippen molar-refractivity contribution in [3.8, 4) is 17.2 Å². The lowest BCUT2D eigenvalue weighted by Crippen LogP contribution is -2.65. The second-order valence-corrected chi connectivity index (χ2v) is 11.3. The van der Waals surface area contributed by atoms with Crippen LogP contribution in [-0.2, 0) is 20.6 Å². The first-order chi connectivity index (χ1) is 21.0. The number of ether oxygens (including phenoxy) is 4. The van der Waals surface area contributed by atoms with Crippen LogP contribution in [0.1, 0.15) is 42.3 Å². The smallest absolute Gasteiger partial charge is 0.404 e. The van der Waals surface area contributed by atoms with E-state index in [4.69, 9.17) is 29.1 Å². The minimum Gasteiger partial charge on any atom is -0.508 e. The van der Waals surface area contributed by atoms with Gasteiger partial charge >= 0.3 is 11.7 Å². The number of nitrogens with one attached hydrogen (secondary N) is 1. The molecule has 5 atom stereocenters. The van der Waals surface area contributed by atoms with Crippen LogP contribution in [0.25, 0.3) is 11.0 Å². The topological polar surface area (TPSA) is 220 Å². The van der Waals surface area contributed by atoms with Gasteiger partial charge in [0.25, 0.3) is 5.91 Å². The molecule has 45 heavy (non-hydrogen) atoms. The molecule has 4 rings (SSSR count). The summed E-state index contributed by atoms with van der Waals surface area (Å²) < 4.78 is 27.8. The van der Waals surface area contributed by atoms with Crippen LogP contribution < -0.4 is 21.4 Å². The molecular weight excluding hydrogens is 592 g/mol. The van der Waals surface area contributed by atoms with Crippen molar-refractivity contribution in [1.29, 1.82) is 0 Å². The van der Waals surface area contributed by atoms with Crippen LogP contribution in [0.4, 0.5) is 10.5 Å². The van der Waals surface area contributed by atoms with Crippen molar-refractivity contribution in [3.05, 3.63) is 69.6 Å². The van der Waals surface area contributed by atoms with Crippen LogP contribution in [0.5, 0.6) is 17.2 Å². The van der Waals surface area contributed by atoms with Crippen LogP contribution in [0.3, 0.4) is 0 Å². The van der Waals surface area contributed by atoms with Gasteiger partial charge in [-0.15, -0.1) is 0 Å². The van der Waals surface area contributed by atoms with Gasteiger partial charge in [-0.25, -0.2) is 9.59 Å². The molecule has 1 saturated heterocycles. The molecule has 14 heteroatoms. The summed E-state index contributed by atoms with van der Waals surface area (Å²) in [7, 11) is 1.36. The number of fused-ring (bicyclic) bond motifs is 1. The molecule has 5 unspecified atom stereocenters. The first-order valence-electron chi connectivity index (χ1n) is 13.8. The lowest BCUT2D eigenvalue weighted by Gasteiger charge is -2.47. The van der Waals surface area contributed by atoms with Gasteiger partial charge in [0.05, 0.1) is 17.1 Å². The van der Waals surface area contributed by atoms with Gasteiger partial charge in [-0.2, -0.15) is 0 Å². The fourth-order valence-electron chi connectivity index (χ4n) is 5.13. The molecule has 3 aromatic rings. The van der Waals surface area contributed by atoms with Crippen LogP contribution in [0.2, 0.25) is 0 Å². The number of hydrogen-bond donors (Lipinski definition) is 6. The first kappa shape index (κ1) is 33.3. The van der Waals surface area contributed by atoms with E-state index in [2.05, 4.69) is 11.9 Å². The number of carbonyl (C=O) groups is 2. The standard InChI is InChI=1S/C31H36N2O12/c1-13(2)19(35)12-16-11-15(7-9-18(16)34)27(38)33-21-22(36)17-8-10-20(14(3)24(17)43-28(21)39)42-29-23(37)25(44-30(32)40)26(41-6)31(4,5)45-29/h7-11,19,23,25-26,29,34-37H,1,12H2,2-6H3,(H2,32,40)(H,33,38). The molecular formula is C31H36N2O12. The maximum atomic E-state index is 13.0. The summed E-state index contributed by atoms with van der Waals surface area (Å²) in [5, 5.41) is 44.6. The van der Waals surface area contributed by atoms with Crippen molar-refractivity contribution in [3.63, 3.8) is 0 Å². The second kappa shape index (κ2) is 12.8. The number of primary amides is 1. The highest BCUT2D eigenvalue weighted by Crippen LogP contribution is 2.38. The van der Waals surface area contributed by atoms with E-state index < -0.39 is 65.4 Å². The molecule has 1 aliphatic heterocycles. The fourth-order valence-corrected chi connectivity index (χ4v) is 5.13. The molecule has 1 aliphatic rings. The Kier molecular flexibility index (Phi) is 9.44. The van der Waals surface area contributed by atoms with E-state index in [9.17, 15) is 34.8 Å². The molecule has 14 nitrogen and oxygen atoms in total. The van der Waals surface area contributed by atoms with Crippen LogP contribution >= 0.6 is 0 Å². The lowest BCUT2D eigenvalue weighted by atomic mass is 9.89. The molecule has 0 bridgehead atoms. The lowest BCUT2D eigenvalue weighted by molar-refractivity contribution is -0.304. The van der Waals surface area contributed by atoms with E-state index >= 15 is 0 Å². The molecule has 242 valence electrons. The van der Waals surface area contributed by atoms with E-state index in [1.807, 2.05) is 0 Å². The van der Waals surface area contributed by atoms with Gasteiger partial charge in [0.2, 0.25) is 6.29 Å². The summed E-state index contributed by atoms with van der Waals surface area (Å²) >= 11 is 0. The van der Waals surface area contributed by atoms with Gasteiger partial charge in [0.15, 0.2) is 23.6 Å². The van der Waals surface area contributed by atoms with E-state index in [1.165, 1.54) is 44.4 Å². The zero-order valence-electron chi connectivity index (χ0n) is 25.3. The number of benzene rings is 2. The highest BCUT2D eigenvalue weighted by atomic mass is 16.7. The minimum atomic E-state index is -1.53. The molecule has 7 N–H and O–H groups in total. The van der Waals surface area contributed by atoms with Crippen molar-refractivity contribution in [2.75, 3.05) is 12.4 Å². The quantitative estimate of drug-likeness (QED) is 0.149. The molecule has 0 radical (unpaired) electrons. The van der Waals surface area contributed by atoms with Gasteiger partial charge in [-0.05, 0) is 63.6 Å². The third-order valence-electron chi connectivity index (χ3n) is 7.58. The zero-order valence-corrected chi connectivity index (χ0v) is 25.3. The summed E-state index contributed by atoms with van der Waals surface area (Å²) in [5.41, 5.74) is 3.45. The Bertz CT molecular complexity index is 1700. The van der Waals surface area contributed by atoms with Gasteiger partial charge in [0.1, 0.15) is 23.2 Å². The molecule has 0 spiro atoms. The van der Waals surface area contributed by atoms with Gasteiger partial charge < -0.3 is 54.8 Å². The number of aryl methyl sites for hydroxylation is 1. The predicted molar refractivity (Wildman–Crippen MR) is 160 cm³/mol. The zero-order chi connectivity index (χ0) is 33.4. The van der Waals surface area contributed by atoms with E-state index in [-0.39, 0.29) is 45.6 Å². The Hall–Kier alpha value is -4.63. The van der Waals surface area contributed by atoms with Crippen molar-refractivity contribution in [1.82, 2.24) is 0 Å². The summed E-state index contributed by atoms with van der Waals surface area (Å²) in [6, 6.07) is 6.73. The van der Waals surface area contributed by atoms with Crippen LogP contribution in [0, 0.1) is 6.92 Å². The van der Waals surface area contributed by atoms with Crippen LogP contribution in [0.15, 0.2) is 51.7 Å². The predicted octanol–water partition coefficient (Wildman–Crippen LogP) is 2.60. The minimum absolute atomic E-state index is 0.00153. The van der Waals surface area contributed by atoms with Crippen molar-refractivity contribution in [2.24, 2.45) is 5.73 Å². The number of hydrogen-bond acceptors (Lipinski definition) is 12. The van der Waals surface area contributed by atoms with E-state index in [0.717, 1.165) is 0 Å². The van der Waals surface area contributed by atoms with Crippen LogP contribution in [-0.4, -0.2) is 75.8 Å². The Morgan fingerprint density at radius 3 is 2.51 bits per heavy atom. The Morgan fingerprint density at radius 1 is 1.20 bits per heavy atom. The van der Waals surface area contributed by atoms with Crippen molar-refractivity contribution in [2.45, 2.75) is 70.4 Å². The number of anilines is 1. The van der Waals surface area contributed by atoms with E-state index in [0.29, 0.717) is 5.57 Å². The average molecular weight is 629 g/mol. The largest absolute Gasteiger partial charge is 0.508 e. The summed E-state index contributed by atoms with van der Waals surface area (Å²) in [6.45, 7) is 10.1. The van der Waals surface area contributed by atoms with Crippen molar-refractivity contribution >= 4 is 28.7 Å². The van der Waals surface area contributed by atoms with Gasteiger partial charge in [-0.3, -0.25) is 4.79 Å².